The zero-order valence-corrected chi connectivity index (χ0v) is 10.5. The highest BCUT2D eigenvalue weighted by Gasteiger charge is 2.20. The van der Waals surface area contributed by atoms with Crippen molar-refractivity contribution >= 4 is 12.0 Å². The molecule has 0 radical (unpaired) electrons. The van der Waals surface area contributed by atoms with Crippen molar-refractivity contribution in [2.75, 3.05) is 6.54 Å². The molecule has 2 heteroatoms. The van der Waals surface area contributed by atoms with Gasteiger partial charge in [-0.25, -0.2) is 0 Å². The van der Waals surface area contributed by atoms with Gasteiger partial charge >= 0.3 is 0 Å². The fourth-order valence-electron chi connectivity index (χ4n) is 1.80. The highest BCUT2D eigenvalue weighted by Crippen LogP contribution is 2.27. The molecular formula is C15H19NO. The topological polar surface area (TPSA) is 29.1 Å². The van der Waals surface area contributed by atoms with Crippen LogP contribution < -0.4 is 5.32 Å². The minimum absolute atomic E-state index is 0.0110. The summed E-state index contributed by atoms with van der Waals surface area (Å²) in [7, 11) is 0. The molecule has 1 amide bonds. The molecule has 0 aromatic heterocycles. The van der Waals surface area contributed by atoms with Crippen LogP contribution in [0.15, 0.2) is 24.3 Å². The van der Waals surface area contributed by atoms with E-state index in [1.807, 2.05) is 6.08 Å². The van der Waals surface area contributed by atoms with Gasteiger partial charge in [0.2, 0.25) is 5.91 Å². The molecule has 1 saturated carbocycles. The summed E-state index contributed by atoms with van der Waals surface area (Å²) in [5.74, 6) is 0.741. The number of aryl methyl sites for hydroxylation is 2. The standard InChI is InChI=1S/C15H19NO/c1-11-3-6-14(12(2)9-11)7-8-15(17)16-10-13-4-5-13/h3,6-9,13H,4-5,10H2,1-2H3,(H,16,17)/b8-7+. The predicted molar refractivity (Wildman–Crippen MR) is 70.7 cm³/mol. The molecule has 17 heavy (non-hydrogen) atoms. The van der Waals surface area contributed by atoms with Gasteiger partial charge in [-0.05, 0) is 49.8 Å². The molecule has 0 saturated heterocycles. The number of carbonyl (C=O) groups is 1. The molecule has 1 N–H and O–H groups in total. The molecule has 1 aliphatic carbocycles. The SMILES string of the molecule is Cc1ccc(/C=C/C(=O)NCC2CC2)c(C)c1. The second-order valence-electron chi connectivity index (χ2n) is 4.88. The van der Waals surface area contributed by atoms with Gasteiger partial charge in [-0.2, -0.15) is 0 Å². The van der Waals surface area contributed by atoms with Crippen LogP contribution in [0.4, 0.5) is 0 Å². The van der Waals surface area contributed by atoms with Gasteiger partial charge in [0.25, 0.3) is 0 Å². The van der Waals surface area contributed by atoms with Gasteiger partial charge in [0.15, 0.2) is 0 Å². The molecule has 0 heterocycles. The van der Waals surface area contributed by atoms with E-state index in [9.17, 15) is 4.79 Å². The van der Waals surface area contributed by atoms with Crippen molar-refractivity contribution in [3.63, 3.8) is 0 Å². The molecular weight excluding hydrogens is 210 g/mol. The fourth-order valence-corrected chi connectivity index (χ4v) is 1.80. The molecule has 0 bridgehead atoms. The number of carbonyl (C=O) groups excluding carboxylic acids is 1. The van der Waals surface area contributed by atoms with E-state index in [-0.39, 0.29) is 5.91 Å². The minimum atomic E-state index is 0.0110. The van der Waals surface area contributed by atoms with Gasteiger partial charge in [-0.3, -0.25) is 4.79 Å². The maximum Gasteiger partial charge on any atom is 0.244 e. The highest BCUT2D eigenvalue weighted by atomic mass is 16.1. The summed E-state index contributed by atoms with van der Waals surface area (Å²) < 4.78 is 0. The first-order chi connectivity index (χ1) is 8.15. The van der Waals surface area contributed by atoms with Crippen LogP contribution in [0.2, 0.25) is 0 Å². The number of amides is 1. The Morgan fingerprint density at radius 1 is 1.41 bits per heavy atom. The summed E-state index contributed by atoms with van der Waals surface area (Å²) in [5.41, 5.74) is 3.56. The minimum Gasteiger partial charge on any atom is -0.352 e. The molecule has 1 fully saturated rings. The van der Waals surface area contributed by atoms with E-state index in [0.29, 0.717) is 0 Å². The van der Waals surface area contributed by atoms with E-state index < -0.39 is 0 Å². The van der Waals surface area contributed by atoms with Crippen LogP contribution in [0.25, 0.3) is 6.08 Å². The molecule has 1 aromatic carbocycles. The van der Waals surface area contributed by atoms with Gasteiger partial charge in [-0.1, -0.05) is 23.8 Å². The molecule has 90 valence electrons. The van der Waals surface area contributed by atoms with Crippen LogP contribution in [0.1, 0.15) is 29.5 Å². The average molecular weight is 229 g/mol. The zero-order valence-electron chi connectivity index (χ0n) is 10.5. The Morgan fingerprint density at radius 2 is 2.18 bits per heavy atom. The predicted octanol–water partition coefficient (Wildman–Crippen LogP) is 2.84. The summed E-state index contributed by atoms with van der Waals surface area (Å²) in [5, 5.41) is 2.92. The quantitative estimate of drug-likeness (QED) is 0.790. The Bertz CT molecular complexity index is 444. The molecule has 0 unspecified atom stereocenters. The third kappa shape index (κ3) is 3.74. The monoisotopic (exact) mass is 229 g/mol. The van der Waals surface area contributed by atoms with Gasteiger partial charge in [0, 0.05) is 12.6 Å². The molecule has 2 nitrogen and oxygen atoms in total. The number of hydrogen-bond donors (Lipinski definition) is 1. The lowest BCUT2D eigenvalue weighted by atomic mass is 10.1. The fraction of sp³-hybridized carbons (Fsp3) is 0.400. The molecule has 0 spiro atoms. The molecule has 0 aliphatic heterocycles. The number of nitrogens with one attached hydrogen (secondary N) is 1. The second kappa shape index (κ2) is 5.17. The maximum absolute atomic E-state index is 11.5. The van der Waals surface area contributed by atoms with E-state index in [1.54, 1.807) is 6.08 Å². The lowest BCUT2D eigenvalue weighted by Gasteiger charge is -2.02. The lowest BCUT2D eigenvalue weighted by Crippen LogP contribution is -2.23. The Labute approximate surface area is 103 Å². The van der Waals surface area contributed by atoms with Crippen molar-refractivity contribution in [3.05, 3.63) is 41.0 Å². The van der Waals surface area contributed by atoms with Crippen LogP contribution in [0, 0.1) is 19.8 Å². The third-order valence-corrected chi connectivity index (χ3v) is 3.10. The Morgan fingerprint density at radius 3 is 2.82 bits per heavy atom. The van der Waals surface area contributed by atoms with Crippen LogP contribution in [0.5, 0.6) is 0 Å². The number of hydrogen-bond acceptors (Lipinski definition) is 1. The second-order valence-corrected chi connectivity index (χ2v) is 4.88. The van der Waals surface area contributed by atoms with Gasteiger partial charge in [0.1, 0.15) is 0 Å². The average Bonchev–Trinajstić information content (AvgIpc) is 3.09. The summed E-state index contributed by atoms with van der Waals surface area (Å²) >= 11 is 0. The van der Waals surface area contributed by atoms with Crippen molar-refractivity contribution in [3.8, 4) is 0 Å². The Hall–Kier alpha value is -1.57. The van der Waals surface area contributed by atoms with E-state index >= 15 is 0 Å². The van der Waals surface area contributed by atoms with Crippen LogP contribution >= 0.6 is 0 Å². The van der Waals surface area contributed by atoms with Crippen molar-refractivity contribution in [1.29, 1.82) is 0 Å². The first-order valence-electron chi connectivity index (χ1n) is 6.18. The van der Waals surface area contributed by atoms with Crippen molar-refractivity contribution in [2.45, 2.75) is 26.7 Å². The summed E-state index contributed by atoms with van der Waals surface area (Å²) in [6, 6.07) is 6.24. The normalized spacial score (nSPS) is 15.2. The van der Waals surface area contributed by atoms with Crippen LogP contribution in [0.3, 0.4) is 0 Å². The van der Waals surface area contributed by atoms with E-state index in [4.69, 9.17) is 0 Å². The third-order valence-electron chi connectivity index (χ3n) is 3.10. The van der Waals surface area contributed by atoms with Crippen molar-refractivity contribution < 1.29 is 4.79 Å². The Balaban J connectivity index is 1.91. The summed E-state index contributed by atoms with van der Waals surface area (Å²) in [6.07, 6.45) is 6.04. The molecule has 1 aliphatic rings. The molecule has 1 aromatic rings. The van der Waals surface area contributed by atoms with E-state index in [1.165, 1.54) is 24.0 Å². The van der Waals surface area contributed by atoms with Gasteiger partial charge in [0.05, 0.1) is 0 Å². The van der Waals surface area contributed by atoms with Gasteiger partial charge < -0.3 is 5.32 Å². The summed E-state index contributed by atoms with van der Waals surface area (Å²) in [4.78, 5) is 11.5. The van der Waals surface area contributed by atoms with Crippen LogP contribution in [-0.4, -0.2) is 12.5 Å². The lowest BCUT2D eigenvalue weighted by molar-refractivity contribution is -0.116. The number of rotatable bonds is 4. The molecule has 0 atom stereocenters. The summed E-state index contributed by atoms with van der Waals surface area (Å²) in [6.45, 7) is 4.97. The van der Waals surface area contributed by atoms with E-state index in [2.05, 4.69) is 37.4 Å². The highest BCUT2D eigenvalue weighted by molar-refractivity contribution is 5.91. The maximum atomic E-state index is 11.5. The van der Waals surface area contributed by atoms with Gasteiger partial charge in [-0.15, -0.1) is 0 Å². The zero-order chi connectivity index (χ0) is 12.3. The largest absolute Gasteiger partial charge is 0.352 e. The number of benzene rings is 1. The molecule has 2 rings (SSSR count). The van der Waals surface area contributed by atoms with E-state index in [0.717, 1.165) is 18.0 Å². The first-order valence-corrected chi connectivity index (χ1v) is 6.18. The van der Waals surface area contributed by atoms with Crippen LogP contribution in [-0.2, 0) is 4.79 Å². The smallest absolute Gasteiger partial charge is 0.244 e. The van der Waals surface area contributed by atoms with Crippen molar-refractivity contribution in [1.82, 2.24) is 5.32 Å². The first kappa shape index (κ1) is 11.9. The Kier molecular flexibility index (Phi) is 3.62. The van der Waals surface area contributed by atoms with Crippen molar-refractivity contribution in [2.24, 2.45) is 5.92 Å².